The van der Waals surface area contributed by atoms with Crippen molar-refractivity contribution in [1.82, 2.24) is 15.5 Å². The van der Waals surface area contributed by atoms with Crippen LogP contribution in [-0.2, 0) is 11.2 Å². The zero-order valence-corrected chi connectivity index (χ0v) is 16.0. The summed E-state index contributed by atoms with van der Waals surface area (Å²) in [6, 6.07) is 14.0. The molecule has 7 heteroatoms. The van der Waals surface area contributed by atoms with Gasteiger partial charge in [0.2, 0.25) is 5.91 Å². The molecule has 1 aromatic carbocycles. The topological polar surface area (TPSA) is 70.2 Å². The normalized spacial score (nSPS) is 16.5. The minimum Gasteiger partial charge on any atom is -0.497 e. The third kappa shape index (κ3) is 4.14. The average Bonchev–Trinajstić information content (AvgIpc) is 3.42. The first kappa shape index (κ1) is 17.6. The molecule has 2 aromatic heterocycles. The number of carbonyl (C=O) groups is 1. The maximum atomic E-state index is 12.4. The van der Waals surface area contributed by atoms with Crippen molar-refractivity contribution < 1.29 is 9.53 Å². The molecule has 1 atom stereocenters. The lowest BCUT2D eigenvalue weighted by Crippen LogP contribution is -2.38. The van der Waals surface area contributed by atoms with Crippen LogP contribution in [0.2, 0.25) is 0 Å². The molecule has 0 bridgehead atoms. The second kappa shape index (κ2) is 7.84. The van der Waals surface area contributed by atoms with Gasteiger partial charge < -0.3 is 15.0 Å². The third-order valence-corrected chi connectivity index (χ3v) is 5.63. The van der Waals surface area contributed by atoms with Crippen molar-refractivity contribution in [1.29, 1.82) is 0 Å². The van der Waals surface area contributed by atoms with E-state index in [1.807, 2.05) is 30.3 Å². The van der Waals surface area contributed by atoms with Crippen LogP contribution < -0.4 is 15.0 Å². The van der Waals surface area contributed by atoms with E-state index >= 15 is 0 Å². The van der Waals surface area contributed by atoms with Gasteiger partial charge in [-0.2, -0.15) is 5.10 Å². The summed E-state index contributed by atoms with van der Waals surface area (Å²) < 4.78 is 5.21. The molecule has 27 heavy (non-hydrogen) atoms. The van der Waals surface area contributed by atoms with Crippen LogP contribution in [0.4, 0.5) is 5.82 Å². The van der Waals surface area contributed by atoms with Gasteiger partial charge in [0.1, 0.15) is 5.75 Å². The number of benzene rings is 1. The number of methoxy groups -OCH3 is 1. The van der Waals surface area contributed by atoms with Crippen LogP contribution in [0.25, 0.3) is 10.6 Å². The van der Waals surface area contributed by atoms with Crippen LogP contribution in [0.3, 0.4) is 0 Å². The van der Waals surface area contributed by atoms with Crippen molar-refractivity contribution >= 4 is 23.1 Å². The number of rotatable bonds is 6. The van der Waals surface area contributed by atoms with Crippen LogP contribution in [0.5, 0.6) is 5.75 Å². The lowest BCUT2D eigenvalue weighted by Gasteiger charge is -2.16. The molecule has 0 spiro atoms. The van der Waals surface area contributed by atoms with E-state index in [2.05, 4.69) is 37.9 Å². The van der Waals surface area contributed by atoms with Crippen LogP contribution in [-0.4, -0.2) is 42.3 Å². The summed E-state index contributed by atoms with van der Waals surface area (Å²) in [5.41, 5.74) is 1.99. The molecule has 140 valence electrons. The van der Waals surface area contributed by atoms with E-state index in [-0.39, 0.29) is 11.9 Å². The van der Waals surface area contributed by atoms with Crippen molar-refractivity contribution in [2.45, 2.75) is 18.9 Å². The van der Waals surface area contributed by atoms with Gasteiger partial charge in [-0.3, -0.25) is 9.89 Å². The Morgan fingerprint density at radius 1 is 1.37 bits per heavy atom. The van der Waals surface area contributed by atoms with Crippen molar-refractivity contribution in [3.8, 4) is 16.3 Å². The minimum atomic E-state index is 0.0383. The van der Waals surface area contributed by atoms with Crippen LogP contribution in [0.1, 0.15) is 12.0 Å². The Labute approximate surface area is 162 Å². The molecular formula is C20H22N4O2S. The second-order valence-electron chi connectivity index (χ2n) is 6.64. The number of aromatic nitrogens is 2. The predicted molar refractivity (Wildman–Crippen MR) is 107 cm³/mol. The molecule has 6 nitrogen and oxygen atoms in total. The van der Waals surface area contributed by atoms with Crippen molar-refractivity contribution in [3.63, 3.8) is 0 Å². The van der Waals surface area contributed by atoms with E-state index in [4.69, 9.17) is 4.74 Å². The highest BCUT2D eigenvalue weighted by Crippen LogP contribution is 2.27. The van der Waals surface area contributed by atoms with Gasteiger partial charge in [-0.1, -0.05) is 18.2 Å². The molecule has 1 aliphatic rings. The highest BCUT2D eigenvalue weighted by molar-refractivity contribution is 7.13. The van der Waals surface area contributed by atoms with E-state index in [0.717, 1.165) is 42.3 Å². The van der Waals surface area contributed by atoms with Gasteiger partial charge in [0.05, 0.1) is 24.1 Å². The number of hydrogen-bond acceptors (Lipinski definition) is 5. The predicted octanol–water partition coefficient (Wildman–Crippen LogP) is 3.08. The molecule has 1 amide bonds. The molecule has 3 aromatic rings. The molecule has 2 N–H and O–H groups in total. The Morgan fingerprint density at radius 2 is 2.30 bits per heavy atom. The van der Waals surface area contributed by atoms with E-state index in [1.54, 1.807) is 18.4 Å². The zero-order valence-electron chi connectivity index (χ0n) is 15.1. The van der Waals surface area contributed by atoms with E-state index < -0.39 is 0 Å². The Hall–Kier alpha value is -2.80. The molecule has 1 fully saturated rings. The number of nitrogens with zero attached hydrogens (tertiary/aromatic N) is 2. The van der Waals surface area contributed by atoms with E-state index in [0.29, 0.717) is 6.42 Å². The van der Waals surface area contributed by atoms with Crippen molar-refractivity contribution in [3.05, 3.63) is 53.4 Å². The first-order valence-corrected chi connectivity index (χ1v) is 9.86. The summed E-state index contributed by atoms with van der Waals surface area (Å²) in [6.45, 7) is 1.66. The number of carbonyl (C=O) groups excluding carboxylic acids is 1. The standard InChI is InChI=1S/C20H22N4O2S/c1-26-16-5-2-4-14(10-16)11-20(25)21-15-7-8-24(13-15)19-12-17(22-23-19)18-6-3-9-27-18/h2-6,9-10,12,15H,7-8,11,13H2,1H3,(H,21,25)(H,22,23)/t15-/m0/s1. The maximum absolute atomic E-state index is 12.4. The largest absolute Gasteiger partial charge is 0.497 e. The van der Waals surface area contributed by atoms with Crippen molar-refractivity contribution in [2.24, 2.45) is 0 Å². The molecular weight excluding hydrogens is 360 g/mol. The third-order valence-electron chi connectivity index (χ3n) is 4.73. The molecule has 0 saturated carbocycles. The Balaban J connectivity index is 1.32. The smallest absolute Gasteiger partial charge is 0.224 e. The minimum absolute atomic E-state index is 0.0383. The maximum Gasteiger partial charge on any atom is 0.224 e. The number of amides is 1. The van der Waals surface area contributed by atoms with Gasteiger partial charge in [0.25, 0.3) is 0 Å². The number of ether oxygens (including phenoxy) is 1. The summed E-state index contributed by atoms with van der Waals surface area (Å²) in [5, 5.41) is 12.7. The first-order chi connectivity index (χ1) is 13.2. The van der Waals surface area contributed by atoms with Crippen LogP contribution in [0.15, 0.2) is 47.8 Å². The lowest BCUT2D eigenvalue weighted by atomic mass is 10.1. The fraction of sp³-hybridized carbons (Fsp3) is 0.300. The van der Waals surface area contributed by atoms with Gasteiger partial charge in [-0.05, 0) is 35.6 Å². The summed E-state index contributed by atoms with van der Waals surface area (Å²) in [4.78, 5) is 15.8. The zero-order chi connectivity index (χ0) is 18.6. The van der Waals surface area contributed by atoms with Gasteiger partial charge in [0, 0.05) is 25.2 Å². The molecule has 0 radical (unpaired) electrons. The quantitative estimate of drug-likeness (QED) is 0.687. The number of H-pyrrole nitrogens is 1. The molecule has 0 unspecified atom stereocenters. The number of nitrogens with one attached hydrogen (secondary N) is 2. The average molecular weight is 382 g/mol. The number of aromatic amines is 1. The molecule has 4 rings (SSSR count). The monoisotopic (exact) mass is 382 g/mol. The number of thiophene rings is 1. The van der Waals surface area contributed by atoms with Crippen LogP contribution in [0, 0.1) is 0 Å². The number of anilines is 1. The fourth-order valence-corrected chi connectivity index (χ4v) is 4.06. The second-order valence-corrected chi connectivity index (χ2v) is 7.59. The Bertz CT molecular complexity index is 906. The van der Waals surface area contributed by atoms with Gasteiger partial charge in [-0.25, -0.2) is 0 Å². The molecule has 1 aliphatic heterocycles. The lowest BCUT2D eigenvalue weighted by molar-refractivity contribution is -0.121. The summed E-state index contributed by atoms with van der Waals surface area (Å²) in [5.74, 6) is 1.74. The Morgan fingerprint density at radius 3 is 3.11 bits per heavy atom. The number of hydrogen-bond donors (Lipinski definition) is 2. The highest BCUT2D eigenvalue weighted by atomic mass is 32.1. The van der Waals surface area contributed by atoms with E-state index in [1.165, 1.54) is 4.88 Å². The molecule has 0 aliphatic carbocycles. The Kier molecular flexibility index (Phi) is 5.11. The van der Waals surface area contributed by atoms with Gasteiger partial charge >= 0.3 is 0 Å². The summed E-state index contributed by atoms with van der Waals surface area (Å²) >= 11 is 1.69. The fourth-order valence-electron chi connectivity index (χ4n) is 3.36. The first-order valence-electron chi connectivity index (χ1n) is 8.98. The van der Waals surface area contributed by atoms with Gasteiger partial charge in [0.15, 0.2) is 5.82 Å². The van der Waals surface area contributed by atoms with Crippen molar-refractivity contribution in [2.75, 3.05) is 25.1 Å². The molecule has 1 saturated heterocycles. The van der Waals surface area contributed by atoms with Gasteiger partial charge in [-0.15, -0.1) is 11.3 Å². The molecule has 3 heterocycles. The highest BCUT2D eigenvalue weighted by Gasteiger charge is 2.25. The summed E-state index contributed by atoms with van der Waals surface area (Å²) in [6.07, 6.45) is 1.28. The van der Waals surface area contributed by atoms with E-state index in [9.17, 15) is 4.79 Å². The van der Waals surface area contributed by atoms with Crippen LogP contribution >= 0.6 is 11.3 Å². The SMILES string of the molecule is COc1cccc(CC(=O)N[C@H]2CCN(c3cc(-c4cccs4)[nH]n3)C2)c1. The summed E-state index contributed by atoms with van der Waals surface area (Å²) in [7, 11) is 1.63.